The molecule has 2 heterocycles. The Morgan fingerprint density at radius 2 is 2.42 bits per heavy atom. The maximum atomic E-state index is 11.0. The Balaban J connectivity index is 2.16. The van der Waals surface area contributed by atoms with Crippen molar-refractivity contribution in [3.8, 4) is 6.07 Å². The summed E-state index contributed by atoms with van der Waals surface area (Å²) < 4.78 is 4.59. The molecule has 19 heavy (non-hydrogen) atoms. The molecule has 2 aromatic heterocycles. The van der Waals surface area contributed by atoms with E-state index in [-0.39, 0.29) is 5.97 Å². The number of ether oxygens (including phenoxy) is 1. The van der Waals surface area contributed by atoms with Crippen molar-refractivity contribution in [2.75, 3.05) is 7.11 Å². The maximum absolute atomic E-state index is 11.0. The Labute approximate surface area is 119 Å². The highest BCUT2D eigenvalue weighted by Crippen LogP contribution is 2.32. The Bertz CT molecular complexity index is 660. The van der Waals surface area contributed by atoms with Crippen molar-refractivity contribution in [3.63, 3.8) is 0 Å². The molecule has 0 aromatic carbocycles. The summed E-state index contributed by atoms with van der Waals surface area (Å²) in [5.74, 6) is -0.205. The number of aromatic nitrogens is 1. The molecule has 0 atom stereocenters. The summed E-state index contributed by atoms with van der Waals surface area (Å²) in [6.07, 6.45) is 3.38. The summed E-state index contributed by atoms with van der Waals surface area (Å²) in [5.41, 5.74) is 0.382. The largest absolute Gasteiger partial charge is 0.469 e. The van der Waals surface area contributed by atoms with Gasteiger partial charge in [-0.15, -0.1) is 11.3 Å². The number of fused-ring (bicyclic) bond motifs is 1. The van der Waals surface area contributed by atoms with Gasteiger partial charge in [0.15, 0.2) is 0 Å². The van der Waals surface area contributed by atoms with Gasteiger partial charge in [0.25, 0.3) is 0 Å². The lowest BCUT2D eigenvalue weighted by atomic mass is 10.2. The van der Waals surface area contributed by atoms with Crippen LogP contribution in [0.4, 0.5) is 0 Å². The van der Waals surface area contributed by atoms with E-state index in [0.29, 0.717) is 17.0 Å². The van der Waals surface area contributed by atoms with Gasteiger partial charge in [-0.05, 0) is 18.9 Å². The van der Waals surface area contributed by atoms with E-state index in [2.05, 4.69) is 9.72 Å². The van der Waals surface area contributed by atoms with E-state index < -0.39 is 0 Å². The first kappa shape index (κ1) is 13.8. The molecule has 4 nitrogen and oxygen atoms in total. The van der Waals surface area contributed by atoms with Crippen molar-refractivity contribution in [1.82, 2.24) is 4.98 Å². The van der Waals surface area contributed by atoms with Gasteiger partial charge in [0.2, 0.25) is 0 Å². The van der Waals surface area contributed by atoms with E-state index in [4.69, 9.17) is 16.9 Å². The highest BCUT2D eigenvalue weighted by molar-refractivity contribution is 7.18. The van der Waals surface area contributed by atoms with E-state index in [9.17, 15) is 4.79 Å². The molecule has 0 fully saturated rings. The number of methoxy groups -OCH3 is 1. The number of rotatable bonds is 4. The van der Waals surface area contributed by atoms with Crippen LogP contribution in [0, 0.1) is 11.3 Å². The molecule has 0 radical (unpaired) electrons. The highest BCUT2D eigenvalue weighted by Gasteiger charge is 2.11. The lowest BCUT2D eigenvalue weighted by molar-refractivity contribution is -0.140. The van der Waals surface area contributed by atoms with E-state index in [1.807, 2.05) is 12.1 Å². The van der Waals surface area contributed by atoms with Gasteiger partial charge >= 0.3 is 5.97 Å². The topological polar surface area (TPSA) is 63.0 Å². The average Bonchev–Trinajstić information content (AvgIpc) is 2.83. The second kappa shape index (κ2) is 6.00. The van der Waals surface area contributed by atoms with E-state index >= 15 is 0 Å². The van der Waals surface area contributed by atoms with Gasteiger partial charge in [-0.2, -0.15) is 5.26 Å². The van der Waals surface area contributed by atoms with Crippen LogP contribution < -0.4 is 0 Å². The molecular weight excluding hydrogens is 284 g/mol. The summed E-state index contributed by atoms with van der Waals surface area (Å²) in [6, 6.07) is 3.95. The van der Waals surface area contributed by atoms with Gasteiger partial charge < -0.3 is 4.74 Å². The number of nitriles is 1. The first-order valence-electron chi connectivity index (χ1n) is 5.69. The molecule has 2 rings (SSSR count). The molecule has 0 aliphatic rings. The Kier molecular flexibility index (Phi) is 4.35. The fourth-order valence-electron chi connectivity index (χ4n) is 1.72. The molecular formula is C13H11ClN2O2S. The van der Waals surface area contributed by atoms with E-state index in [1.54, 1.807) is 0 Å². The third-order valence-electron chi connectivity index (χ3n) is 2.70. The first-order chi connectivity index (χ1) is 9.15. The molecule has 2 aromatic rings. The van der Waals surface area contributed by atoms with Gasteiger partial charge in [0, 0.05) is 22.9 Å². The van der Waals surface area contributed by atoms with Gasteiger partial charge in [-0.1, -0.05) is 11.6 Å². The Morgan fingerprint density at radius 1 is 1.63 bits per heavy atom. The van der Waals surface area contributed by atoms with Crippen LogP contribution in [0.3, 0.4) is 0 Å². The van der Waals surface area contributed by atoms with Crippen LogP contribution in [-0.2, 0) is 16.0 Å². The zero-order chi connectivity index (χ0) is 13.8. The zero-order valence-electron chi connectivity index (χ0n) is 10.3. The first-order valence-corrected chi connectivity index (χ1v) is 6.89. The highest BCUT2D eigenvalue weighted by atomic mass is 35.5. The van der Waals surface area contributed by atoms with E-state index in [1.165, 1.54) is 24.6 Å². The number of pyridine rings is 1. The standard InChI is InChI=1S/C13H11ClN2O2S/c1-18-11(17)4-2-3-9-5-10-12(14)8(6-15)7-16-13(10)19-9/h5,7H,2-4H2,1H3. The number of aryl methyl sites for hydroxylation is 1. The molecule has 0 bridgehead atoms. The minimum Gasteiger partial charge on any atom is -0.469 e. The SMILES string of the molecule is COC(=O)CCCc1cc2c(Cl)c(C#N)cnc2s1. The maximum Gasteiger partial charge on any atom is 0.305 e. The smallest absolute Gasteiger partial charge is 0.305 e. The lowest BCUT2D eigenvalue weighted by Crippen LogP contribution is -1.99. The molecule has 98 valence electrons. The fraction of sp³-hybridized carbons (Fsp3) is 0.308. The predicted molar refractivity (Wildman–Crippen MR) is 74.3 cm³/mol. The summed E-state index contributed by atoms with van der Waals surface area (Å²) >= 11 is 7.66. The minimum atomic E-state index is -0.205. The van der Waals surface area contributed by atoms with Crippen LogP contribution >= 0.6 is 22.9 Å². The normalized spacial score (nSPS) is 10.4. The van der Waals surface area contributed by atoms with Gasteiger partial charge in [-0.3, -0.25) is 4.79 Å². The lowest BCUT2D eigenvalue weighted by Gasteiger charge is -1.97. The predicted octanol–water partition coefficient (Wildman–Crippen LogP) is 3.32. The number of hydrogen-bond donors (Lipinski definition) is 0. The number of carbonyl (C=O) groups excluding carboxylic acids is 1. The van der Waals surface area contributed by atoms with Crippen LogP contribution in [0.5, 0.6) is 0 Å². The molecule has 6 heteroatoms. The molecule has 0 N–H and O–H groups in total. The van der Waals surface area contributed by atoms with Gasteiger partial charge in [0.1, 0.15) is 10.9 Å². The molecule has 0 saturated heterocycles. The minimum absolute atomic E-state index is 0.205. The van der Waals surface area contributed by atoms with Gasteiger partial charge in [-0.25, -0.2) is 4.98 Å². The summed E-state index contributed by atoms with van der Waals surface area (Å²) in [4.78, 5) is 17.2. The number of carbonyl (C=O) groups is 1. The van der Waals surface area contributed by atoms with Crippen LogP contribution in [0.15, 0.2) is 12.3 Å². The average molecular weight is 295 g/mol. The van der Waals surface area contributed by atoms with Crippen LogP contribution in [0.1, 0.15) is 23.3 Å². The molecule has 0 aliphatic heterocycles. The van der Waals surface area contributed by atoms with Crippen LogP contribution in [0.25, 0.3) is 10.2 Å². The van der Waals surface area contributed by atoms with Crippen LogP contribution in [0.2, 0.25) is 5.02 Å². The molecule has 0 unspecified atom stereocenters. The number of halogens is 1. The van der Waals surface area contributed by atoms with Crippen LogP contribution in [-0.4, -0.2) is 18.1 Å². The summed E-state index contributed by atoms with van der Waals surface area (Å²) in [7, 11) is 1.38. The third kappa shape index (κ3) is 3.03. The van der Waals surface area contributed by atoms with Crippen molar-refractivity contribution >= 4 is 39.1 Å². The molecule has 0 saturated carbocycles. The third-order valence-corrected chi connectivity index (χ3v) is 4.21. The zero-order valence-corrected chi connectivity index (χ0v) is 11.8. The van der Waals surface area contributed by atoms with Crippen molar-refractivity contribution in [1.29, 1.82) is 5.26 Å². The number of hydrogen-bond acceptors (Lipinski definition) is 5. The van der Waals surface area contributed by atoms with Crippen molar-refractivity contribution in [2.24, 2.45) is 0 Å². The number of esters is 1. The molecule has 0 aliphatic carbocycles. The second-order valence-electron chi connectivity index (χ2n) is 3.96. The summed E-state index contributed by atoms with van der Waals surface area (Å²) in [6.45, 7) is 0. The molecule has 0 amide bonds. The number of thiophene rings is 1. The number of nitrogens with zero attached hydrogens (tertiary/aromatic N) is 2. The Hall–Kier alpha value is -1.64. The quantitative estimate of drug-likeness (QED) is 0.812. The monoisotopic (exact) mass is 294 g/mol. The molecule has 0 spiro atoms. The second-order valence-corrected chi connectivity index (χ2v) is 5.45. The van der Waals surface area contributed by atoms with Crippen molar-refractivity contribution in [3.05, 3.63) is 27.7 Å². The Morgan fingerprint density at radius 3 is 3.11 bits per heavy atom. The van der Waals surface area contributed by atoms with Gasteiger partial charge in [0.05, 0.1) is 17.7 Å². The van der Waals surface area contributed by atoms with Crippen molar-refractivity contribution in [2.45, 2.75) is 19.3 Å². The van der Waals surface area contributed by atoms with E-state index in [0.717, 1.165) is 27.9 Å². The summed E-state index contributed by atoms with van der Waals surface area (Å²) in [5, 5.41) is 10.1. The van der Waals surface area contributed by atoms with Crippen molar-refractivity contribution < 1.29 is 9.53 Å². The fourth-order valence-corrected chi connectivity index (χ4v) is 3.06.